The van der Waals surface area contributed by atoms with Gasteiger partial charge in [-0.05, 0) is 35.9 Å². The van der Waals surface area contributed by atoms with Crippen LogP contribution in [0.3, 0.4) is 0 Å². The van der Waals surface area contributed by atoms with Crippen molar-refractivity contribution in [2.45, 2.75) is 18.2 Å². The second kappa shape index (κ2) is 7.15. The summed E-state index contributed by atoms with van der Waals surface area (Å²) in [5.74, 6) is -0.669. The third kappa shape index (κ3) is 2.90. The lowest BCUT2D eigenvalue weighted by molar-refractivity contribution is -0.132. The van der Waals surface area contributed by atoms with Gasteiger partial charge < -0.3 is 19.7 Å². The summed E-state index contributed by atoms with van der Waals surface area (Å²) in [6, 6.07) is 14.7. The first-order valence-electron chi connectivity index (χ1n) is 9.86. The van der Waals surface area contributed by atoms with Gasteiger partial charge in [0.1, 0.15) is 11.4 Å². The Balaban J connectivity index is 1.36. The highest BCUT2D eigenvalue weighted by molar-refractivity contribution is 6.31. The Kier molecular flexibility index (Phi) is 4.56. The maximum atomic E-state index is 13.3. The molecule has 5 rings (SSSR count). The normalized spacial score (nSPS) is 28.7. The third-order valence-corrected chi connectivity index (χ3v) is 6.57. The molecule has 2 aromatic carbocycles. The molecule has 2 bridgehead atoms. The standard InChI is InChI=1S/C23H21ClN2O4/c1-29-16-8-6-15(7-9-16)26-13-23-11-10-18(30-23)19(20(23)22(26)28)21(27)25-12-14-4-2-3-5-17(14)24/h2-11,18-20H,12-13H2,1H3,(H,25,27)/t18-,19-,20+,23+/m1/s1. The molecule has 2 aromatic rings. The number of carbonyl (C=O) groups excluding carboxylic acids is 2. The molecule has 30 heavy (non-hydrogen) atoms. The molecule has 6 nitrogen and oxygen atoms in total. The predicted molar refractivity (Wildman–Crippen MR) is 112 cm³/mol. The molecule has 0 unspecified atom stereocenters. The monoisotopic (exact) mass is 424 g/mol. The first kappa shape index (κ1) is 19.2. The van der Waals surface area contributed by atoms with Crippen LogP contribution < -0.4 is 15.0 Å². The molecule has 2 saturated heterocycles. The van der Waals surface area contributed by atoms with Crippen molar-refractivity contribution in [2.75, 3.05) is 18.6 Å². The summed E-state index contributed by atoms with van der Waals surface area (Å²) < 4.78 is 11.4. The first-order valence-corrected chi connectivity index (χ1v) is 10.2. The highest BCUT2D eigenvalue weighted by Gasteiger charge is 2.67. The molecular formula is C23H21ClN2O4. The summed E-state index contributed by atoms with van der Waals surface area (Å²) in [5.41, 5.74) is 0.841. The van der Waals surface area contributed by atoms with Crippen molar-refractivity contribution in [3.8, 4) is 5.75 Å². The first-order chi connectivity index (χ1) is 14.5. The quantitative estimate of drug-likeness (QED) is 0.749. The molecule has 0 saturated carbocycles. The van der Waals surface area contributed by atoms with E-state index in [1.54, 1.807) is 18.1 Å². The number of fused-ring (bicyclic) bond motifs is 1. The number of rotatable bonds is 5. The average Bonchev–Trinajstić information content (AvgIpc) is 3.41. The van der Waals surface area contributed by atoms with E-state index >= 15 is 0 Å². The summed E-state index contributed by atoms with van der Waals surface area (Å²) in [6.45, 7) is 0.700. The zero-order chi connectivity index (χ0) is 20.9. The number of ether oxygens (including phenoxy) is 2. The molecule has 4 atom stereocenters. The van der Waals surface area contributed by atoms with Gasteiger partial charge in [-0.15, -0.1) is 0 Å². The lowest BCUT2D eigenvalue weighted by atomic mass is 9.77. The van der Waals surface area contributed by atoms with Crippen LogP contribution in [0.4, 0.5) is 5.69 Å². The Morgan fingerprint density at radius 3 is 2.77 bits per heavy atom. The Morgan fingerprint density at radius 2 is 2.03 bits per heavy atom. The number of methoxy groups -OCH3 is 1. The van der Waals surface area contributed by atoms with Crippen molar-refractivity contribution in [2.24, 2.45) is 11.8 Å². The van der Waals surface area contributed by atoms with Crippen LogP contribution in [0.1, 0.15) is 5.56 Å². The van der Waals surface area contributed by atoms with Crippen LogP contribution in [0.15, 0.2) is 60.7 Å². The van der Waals surface area contributed by atoms with Gasteiger partial charge in [-0.1, -0.05) is 42.0 Å². The van der Waals surface area contributed by atoms with Gasteiger partial charge in [-0.25, -0.2) is 0 Å². The van der Waals surface area contributed by atoms with Crippen LogP contribution in [0, 0.1) is 11.8 Å². The lowest BCUT2D eigenvalue weighted by Gasteiger charge is -2.23. The lowest BCUT2D eigenvalue weighted by Crippen LogP contribution is -2.44. The molecule has 0 radical (unpaired) electrons. The number of halogens is 1. The number of hydrogen-bond acceptors (Lipinski definition) is 4. The molecule has 7 heteroatoms. The SMILES string of the molecule is COc1ccc(N2C[C@]34C=C[C@@H](O3)[C@@H](C(=O)NCc3ccccc3Cl)[C@H]4C2=O)cc1. The molecule has 154 valence electrons. The van der Waals surface area contributed by atoms with Gasteiger partial charge in [0.2, 0.25) is 11.8 Å². The Morgan fingerprint density at radius 1 is 1.27 bits per heavy atom. The molecule has 2 fully saturated rings. The number of benzene rings is 2. The summed E-state index contributed by atoms with van der Waals surface area (Å²) in [7, 11) is 1.60. The van der Waals surface area contributed by atoms with E-state index in [1.165, 1.54) is 0 Å². The van der Waals surface area contributed by atoms with E-state index in [2.05, 4.69) is 5.32 Å². The van der Waals surface area contributed by atoms with E-state index in [9.17, 15) is 9.59 Å². The molecule has 3 aliphatic rings. The van der Waals surface area contributed by atoms with Crippen LogP contribution in [-0.4, -0.2) is 37.2 Å². The molecule has 0 aromatic heterocycles. The summed E-state index contributed by atoms with van der Waals surface area (Å²) >= 11 is 6.19. The molecular weight excluding hydrogens is 404 g/mol. The summed E-state index contributed by atoms with van der Waals surface area (Å²) in [4.78, 5) is 28.1. The minimum absolute atomic E-state index is 0.0927. The van der Waals surface area contributed by atoms with Crippen LogP contribution in [0.2, 0.25) is 5.02 Å². The van der Waals surface area contributed by atoms with Crippen LogP contribution in [0.25, 0.3) is 0 Å². The molecule has 3 aliphatic heterocycles. The van der Waals surface area contributed by atoms with Crippen LogP contribution >= 0.6 is 11.6 Å². The molecule has 1 spiro atoms. The maximum absolute atomic E-state index is 13.3. The van der Waals surface area contributed by atoms with Gasteiger partial charge in [-0.3, -0.25) is 9.59 Å². The number of amides is 2. The Bertz CT molecular complexity index is 1040. The van der Waals surface area contributed by atoms with Crippen molar-refractivity contribution < 1.29 is 19.1 Å². The number of nitrogens with zero attached hydrogens (tertiary/aromatic N) is 1. The zero-order valence-corrected chi connectivity index (χ0v) is 17.1. The van der Waals surface area contributed by atoms with Gasteiger partial charge in [-0.2, -0.15) is 0 Å². The van der Waals surface area contributed by atoms with E-state index in [0.717, 1.165) is 17.0 Å². The zero-order valence-electron chi connectivity index (χ0n) is 16.4. The largest absolute Gasteiger partial charge is 0.497 e. The molecule has 0 aliphatic carbocycles. The van der Waals surface area contributed by atoms with Gasteiger partial charge in [0, 0.05) is 17.3 Å². The second-order valence-corrected chi connectivity index (χ2v) is 8.24. The topological polar surface area (TPSA) is 67.9 Å². The number of anilines is 1. The second-order valence-electron chi connectivity index (χ2n) is 7.83. The van der Waals surface area contributed by atoms with Crippen molar-refractivity contribution >= 4 is 29.1 Å². The van der Waals surface area contributed by atoms with Gasteiger partial charge in [0.25, 0.3) is 0 Å². The van der Waals surface area contributed by atoms with E-state index in [-0.39, 0.29) is 17.9 Å². The minimum Gasteiger partial charge on any atom is -0.497 e. The smallest absolute Gasteiger partial charge is 0.234 e. The van der Waals surface area contributed by atoms with Crippen molar-refractivity contribution in [3.63, 3.8) is 0 Å². The van der Waals surface area contributed by atoms with Crippen molar-refractivity contribution in [3.05, 3.63) is 71.3 Å². The average molecular weight is 425 g/mol. The maximum Gasteiger partial charge on any atom is 0.234 e. The Labute approximate surface area is 179 Å². The summed E-state index contributed by atoms with van der Waals surface area (Å²) in [5, 5.41) is 3.54. The van der Waals surface area contributed by atoms with Crippen LogP contribution in [0.5, 0.6) is 5.75 Å². The van der Waals surface area contributed by atoms with Crippen molar-refractivity contribution in [1.82, 2.24) is 5.32 Å². The minimum atomic E-state index is -0.756. The summed E-state index contributed by atoms with van der Waals surface area (Å²) in [6.07, 6.45) is 3.46. The van der Waals surface area contributed by atoms with Gasteiger partial charge in [0.15, 0.2) is 0 Å². The number of carbonyl (C=O) groups is 2. The van der Waals surface area contributed by atoms with Gasteiger partial charge >= 0.3 is 0 Å². The fraction of sp³-hybridized carbons (Fsp3) is 0.304. The van der Waals surface area contributed by atoms with Crippen molar-refractivity contribution in [1.29, 1.82) is 0 Å². The fourth-order valence-electron chi connectivity index (χ4n) is 4.72. The number of nitrogens with one attached hydrogen (secondary N) is 1. The Hall–Kier alpha value is -2.83. The predicted octanol–water partition coefficient (Wildman–Crippen LogP) is 2.95. The molecule has 2 amide bonds. The fourth-order valence-corrected chi connectivity index (χ4v) is 4.92. The van der Waals surface area contributed by atoms with E-state index in [0.29, 0.717) is 18.1 Å². The number of hydrogen-bond donors (Lipinski definition) is 1. The molecule has 3 heterocycles. The molecule has 1 N–H and O–H groups in total. The van der Waals surface area contributed by atoms with E-state index in [1.807, 2.05) is 54.6 Å². The van der Waals surface area contributed by atoms with E-state index < -0.39 is 17.4 Å². The third-order valence-electron chi connectivity index (χ3n) is 6.20. The van der Waals surface area contributed by atoms with Crippen LogP contribution in [-0.2, 0) is 20.9 Å². The highest BCUT2D eigenvalue weighted by Crippen LogP contribution is 2.52. The van der Waals surface area contributed by atoms with E-state index in [4.69, 9.17) is 21.1 Å². The van der Waals surface area contributed by atoms with Gasteiger partial charge in [0.05, 0.1) is 31.6 Å². The highest BCUT2D eigenvalue weighted by atomic mass is 35.5.